The van der Waals surface area contributed by atoms with E-state index in [0.29, 0.717) is 0 Å². The molecule has 0 fully saturated rings. The van der Waals surface area contributed by atoms with Crippen LogP contribution in [0.25, 0.3) is 6.08 Å². The molecule has 21 heavy (non-hydrogen) atoms. The van der Waals surface area contributed by atoms with Gasteiger partial charge in [0.2, 0.25) is 5.76 Å². The van der Waals surface area contributed by atoms with E-state index in [4.69, 9.17) is 9.63 Å². The highest BCUT2D eigenvalue weighted by Gasteiger charge is 2.13. The van der Waals surface area contributed by atoms with Gasteiger partial charge in [0.15, 0.2) is 0 Å². The predicted octanol–water partition coefficient (Wildman–Crippen LogP) is 2.26. The molecule has 1 atom stereocenters. The summed E-state index contributed by atoms with van der Waals surface area (Å²) >= 11 is 0. The molecule has 6 heteroatoms. The van der Waals surface area contributed by atoms with Crippen LogP contribution in [0.15, 0.2) is 47.1 Å². The molecule has 0 spiro atoms. The number of nitrogens with zero attached hydrogens (tertiary/aromatic N) is 1. The quantitative estimate of drug-likeness (QED) is 0.822. The summed E-state index contributed by atoms with van der Waals surface area (Å²) in [6, 6.07) is 8.50. The molecule has 1 aromatic carbocycles. The molecule has 108 valence electrons. The van der Waals surface area contributed by atoms with E-state index in [9.17, 15) is 9.59 Å². The second-order valence-electron chi connectivity index (χ2n) is 4.41. The zero-order valence-electron chi connectivity index (χ0n) is 11.3. The zero-order chi connectivity index (χ0) is 15.2. The first-order chi connectivity index (χ1) is 10.1. The molecule has 1 aromatic heterocycles. The molecule has 1 unspecified atom stereocenters. The Labute approximate surface area is 121 Å². The standard InChI is InChI=1S/C15H14N2O4/c1-10(17-15(20)13-8-9-16-21-13)12-5-2-11(3-6-12)4-7-14(18)19/h2-10H,1H3,(H,17,20)(H,18,19). The van der Waals surface area contributed by atoms with Gasteiger partial charge >= 0.3 is 5.97 Å². The fraction of sp³-hybridized carbons (Fsp3) is 0.133. The minimum absolute atomic E-state index is 0.155. The van der Waals surface area contributed by atoms with Crippen LogP contribution in [-0.2, 0) is 4.79 Å². The topological polar surface area (TPSA) is 92.4 Å². The molecule has 2 N–H and O–H groups in total. The molecule has 1 heterocycles. The van der Waals surface area contributed by atoms with Crippen molar-refractivity contribution in [3.05, 3.63) is 59.5 Å². The summed E-state index contributed by atoms with van der Waals surface area (Å²) < 4.78 is 4.78. The maximum absolute atomic E-state index is 11.8. The number of carbonyl (C=O) groups excluding carboxylic acids is 1. The lowest BCUT2D eigenvalue weighted by Crippen LogP contribution is -2.26. The van der Waals surface area contributed by atoms with E-state index in [0.717, 1.165) is 17.2 Å². The summed E-state index contributed by atoms with van der Waals surface area (Å²) in [5.74, 6) is -1.18. The highest BCUT2D eigenvalue weighted by Crippen LogP contribution is 2.15. The average Bonchev–Trinajstić information content (AvgIpc) is 3.00. The summed E-state index contributed by atoms with van der Waals surface area (Å²) in [5.41, 5.74) is 1.67. The molecule has 2 rings (SSSR count). The van der Waals surface area contributed by atoms with Gasteiger partial charge in [-0.05, 0) is 24.1 Å². The summed E-state index contributed by atoms with van der Waals surface area (Å²) in [6.45, 7) is 1.84. The van der Waals surface area contributed by atoms with E-state index < -0.39 is 5.97 Å². The number of nitrogens with one attached hydrogen (secondary N) is 1. The summed E-state index contributed by atoms with van der Waals surface area (Å²) in [6.07, 6.45) is 3.98. The van der Waals surface area contributed by atoms with Crippen molar-refractivity contribution in [2.75, 3.05) is 0 Å². The number of carboxylic acids is 1. The maximum Gasteiger partial charge on any atom is 0.328 e. The normalized spacial score (nSPS) is 12.2. The first kappa shape index (κ1) is 14.5. The van der Waals surface area contributed by atoms with Crippen molar-refractivity contribution in [1.29, 1.82) is 0 Å². The highest BCUT2D eigenvalue weighted by molar-refractivity contribution is 5.91. The van der Waals surface area contributed by atoms with Crippen molar-refractivity contribution in [2.45, 2.75) is 13.0 Å². The number of carboxylic acid groups (broad SMARTS) is 1. The van der Waals surface area contributed by atoms with Gasteiger partial charge in [0.05, 0.1) is 12.2 Å². The fourth-order valence-corrected chi connectivity index (χ4v) is 1.75. The number of hydrogen-bond acceptors (Lipinski definition) is 4. The Morgan fingerprint density at radius 2 is 2.00 bits per heavy atom. The Morgan fingerprint density at radius 3 is 2.57 bits per heavy atom. The lowest BCUT2D eigenvalue weighted by molar-refractivity contribution is -0.131. The summed E-state index contributed by atoms with van der Waals surface area (Å²) in [4.78, 5) is 22.2. The molecule has 0 saturated heterocycles. The largest absolute Gasteiger partial charge is 0.478 e. The van der Waals surface area contributed by atoms with Crippen LogP contribution >= 0.6 is 0 Å². The van der Waals surface area contributed by atoms with Crippen LogP contribution < -0.4 is 5.32 Å². The SMILES string of the molecule is CC(NC(=O)c1ccno1)c1ccc(C=CC(=O)O)cc1. The Kier molecular flexibility index (Phi) is 4.50. The van der Waals surface area contributed by atoms with Crippen LogP contribution in [0.5, 0.6) is 0 Å². The van der Waals surface area contributed by atoms with Crippen LogP contribution in [0.1, 0.15) is 34.6 Å². The summed E-state index contributed by atoms with van der Waals surface area (Å²) in [5, 5.41) is 14.8. The van der Waals surface area contributed by atoms with Gasteiger partial charge in [0.1, 0.15) is 0 Å². The van der Waals surface area contributed by atoms with Gasteiger partial charge in [0.25, 0.3) is 5.91 Å². The van der Waals surface area contributed by atoms with E-state index in [1.807, 2.05) is 19.1 Å². The zero-order valence-corrected chi connectivity index (χ0v) is 11.3. The van der Waals surface area contributed by atoms with Crippen molar-refractivity contribution in [2.24, 2.45) is 0 Å². The first-order valence-electron chi connectivity index (χ1n) is 6.29. The molecule has 2 aromatic rings. The third-order valence-corrected chi connectivity index (χ3v) is 2.86. The van der Waals surface area contributed by atoms with Crippen LogP contribution in [0.2, 0.25) is 0 Å². The van der Waals surface area contributed by atoms with Crippen LogP contribution in [0.3, 0.4) is 0 Å². The minimum atomic E-state index is -0.994. The number of amides is 1. The molecule has 0 radical (unpaired) electrons. The van der Waals surface area contributed by atoms with Crippen molar-refractivity contribution < 1.29 is 19.2 Å². The van der Waals surface area contributed by atoms with E-state index in [-0.39, 0.29) is 17.7 Å². The molecular formula is C15H14N2O4. The van der Waals surface area contributed by atoms with Gasteiger partial charge in [-0.2, -0.15) is 0 Å². The van der Waals surface area contributed by atoms with Crippen molar-refractivity contribution in [1.82, 2.24) is 10.5 Å². The lowest BCUT2D eigenvalue weighted by atomic mass is 10.1. The predicted molar refractivity (Wildman–Crippen MR) is 75.5 cm³/mol. The second-order valence-corrected chi connectivity index (χ2v) is 4.41. The molecule has 1 amide bonds. The van der Waals surface area contributed by atoms with E-state index in [1.54, 1.807) is 12.1 Å². The van der Waals surface area contributed by atoms with Gasteiger partial charge in [-0.15, -0.1) is 0 Å². The molecule has 0 aliphatic carbocycles. The van der Waals surface area contributed by atoms with Gasteiger partial charge in [-0.25, -0.2) is 4.79 Å². The van der Waals surface area contributed by atoms with Gasteiger partial charge < -0.3 is 14.9 Å². The summed E-state index contributed by atoms with van der Waals surface area (Å²) in [7, 11) is 0. The van der Waals surface area contributed by atoms with E-state index in [2.05, 4.69) is 10.5 Å². The number of aliphatic carboxylic acids is 1. The maximum atomic E-state index is 11.8. The Bertz CT molecular complexity index is 645. The Morgan fingerprint density at radius 1 is 1.29 bits per heavy atom. The number of carbonyl (C=O) groups is 2. The van der Waals surface area contributed by atoms with E-state index in [1.165, 1.54) is 18.3 Å². The molecule has 0 saturated carbocycles. The monoisotopic (exact) mass is 286 g/mol. The third-order valence-electron chi connectivity index (χ3n) is 2.86. The molecule has 6 nitrogen and oxygen atoms in total. The molecule has 0 aliphatic heterocycles. The molecular weight excluding hydrogens is 272 g/mol. The number of benzene rings is 1. The smallest absolute Gasteiger partial charge is 0.328 e. The van der Waals surface area contributed by atoms with Crippen molar-refractivity contribution in [3.63, 3.8) is 0 Å². The minimum Gasteiger partial charge on any atom is -0.478 e. The average molecular weight is 286 g/mol. The highest BCUT2D eigenvalue weighted by atomic mass is 16.5. The van der Waals surface area contributed by atoms with E-state index >= 15 is 0 Å². The number of hydrogen-bond donors (Lipinski definition) is 2. The van der Waals surface area contributed by atoms with Gasteiger partial charge in [-0.1, -0.05) is 29.4 Å². The molecule has 0 aliphatic rings. The van der Waals surface area contributed by atoms with Crippen LogP contribution in [-0.4, -0.2) is 22.1 Å². The van der Waals surface area contributed by atoms with Crippen molar-refractivity contribution >= 4 is 18.0 Å². The van der Waals surface area contributed by atoms with Crippen LogP contribution in [0.4, 0.5) is 0 Å². The van der Waals surface area contributed by atoms with Crippen LogP contribution in [0, 0.1) is 0 Å². The Hall–Kier alpha value is -2.89. The fourth-order valence-electron chi connectivity index (χ4n) is 1.75. The lowest BCUT2D eigenvalue weighted by Gasteiger charge is -2.13. The third kappa shape index (κ3) is 4.04. The first-order valence-corrected chi connectivity index (χ1v) is 6.29. The van der Waals surface area contributed by atoms with Gasteiger partial charge in [-0.3, -0.25) is 4.79 Å². The van der Waals surface area contributed by atoms with Gasteiger partial charge in [0, 0.05) is 12.1 Å². The molecule has 0 bridgehead atoms. The number of aromatic nitrogens is 1. The second kappa shape index (κ2) is 6.51. The Balaban J connectivity index is 2.01. The number of rotatable bonds is 5. The van der Waals surface area contributed by atoms with Crippen molar-refractivity contribution in [3.8, 4) is 0 Å².